The first-order valence-electron chi connectivity index (χ1n) is 15.9. The number of nitrogens with zero attached hydrogens (tertiary/aromatic N) is 4. The fraction of sp³-hybridized carbons (Fsp3) is 0.214. The van der Waals surface area contributed by atoms with Gasteiger partial charge < -0.3 is 40.5 Å². The van der Waals surface area contributed by atoms with Gasteiger partial charge in [0.25, 0.3) is 0 Å². The van der Waals surface area contributed by atoms with Crippen LogP contribution in [0.15, 0.2) is 87.4 Å². The number of benzene rings is 4. The zero-order valence-electron chi connectivity index (χ0n) is 36.0. The molecule has 28 nitrogen and oxygen atoms in total. The third-order valence-electron chi connectivity index (χ3n) is 7.62. The molecule has 4 aromatic carbocycles. The molecule has 4 aromatic rings. The van der Waals surface area contributed by atoms with E-state index in [1.165, 1.54) is 20.1 Å². The van der Waals surface area contributed by atoms with Gasteiger partial charge in [-0.05, 0) is 54.3 Å². The molecular formula is C28H24N5Na5O23S7. The summed E-state index contributed by atoms with van der Waals surface area (Å²) in [5.74, 6) is -2.67. The molecule has 0 saturated carbocycles. The minimum Gasteiger partial charge on any atom is -0.744 e. The number of methoxy groups -OCH3 is 1. The van der Waals surface area contributed by atoms with Gasteiger partial charge in [-0.15, -0.1) is 24.8 Å². The van der Waals surface area contributed by atoms with Crippen LogP contribution in [-0.2, 0) is 76.7 Å². The van der Waals surface area contributed by atoms with Crippen LogP contribution in [0.25, 0.3) is 10.8 Å². The molecule has 0 amide bonds. The van der Waals surface area contributed by atoms with Gasteiger partial charge in [-0.3, -0.25) is 23.5 Å². The average Bonchev–Trinajstić information content (AvgIpc) is 3.20. The molecule has 0 bridgehead atoms. The van der Waals surface area contributed by atoms with Crippen LogP contribution in [0.1, 0.15) is 5.56 Å². The van der Waals surface area contributed by atoms with Crippen molar-refractivity contribution in [3.05, 3.63) is 48.0 Å². The number of azo groups is 2. The molecule has 0 unspecified atom stereocenters. The number of anilines is 1. The third-order valence-corrected chi connectivity index (χ3v) is 14.0. The number of phenolic OH excluding ortho intramolecular Hbond substituents is 1. The Morgan fingerprint density at radius 3 is 1.82 bits per heavy atom. The van der Waals surface area contributed by atoms with Crippen LogP contribution in [0.5, 0.6) is 11.5 Å². The SMILES string of the molecule is COc1cc(S(=O)(=O)CCOSOO[O-])c(C)cc1N=Nc1c(SOO[O-])cc2cc(S(=O)(=O)[O-])c(N=Nc3ccc(S(=O)(=O)CCOS(=O)(=O)[O-])cc3SOO[O-])c(N)c2c1O.[Na+].[Na+].[Na+].[Na+].[Na+]. The molecule has 0 atom stereocenters. The van der Waals surface area contributed by atoms with Gasteiger partial charge in [0.15, 0.2) is 37.7 Å². The first-order chi connectivity index (χ1) is 29.6. The number of ether oxygens (including phenoxy) is 1. The Morgan fingerprint density at radius 2 is 1.25 bits per heavy atom. The van der Waals surface area contributed by atoms with E-state index < -0.39 is 103 Å². The summed E-state index contributed by atoms with van der Waals surface area (Å²) in [5.41, 5.74) is 3.72. The van der Waals surface area contributed by atoms with Gasteiger partial charge in [-0.2, -0.15) is 8.67 Å². The number of hydrogen-bond acceptors (Lipinski definition) is 31. The van der Waals surface area contributed by atoms with E-state index in [0.717, 1.165) is 30.3 Å². The smallest absolute Gasteiger partial charge is 0.744 e. The minimum atomic E-state index is -5.51. The fourth-order valence-electron chi connectivity index (χ4n) is 5.02. The Morgan fingerprint density at radius 1 is 0.676 bits per heavy atom. The Hall–Kier alpha value is 1.07. The molecule has 3 N–H and O–H groups in total. The molecule has 0 aliphatic carbocycles. The van der Waals surface area contributed by atoms with Crippen LogP contribution in [0.4, 0.5) is 28.4 Å². The monoisotopic (exact) mass is 1140 g/mol. The van der Waals surface area contributed by atoms with Gasteiger partial charge in [0, 0.05) is 6.07 Å². The number of nitrogen functional groups attached to an aromatic ring is 1. The molecule has 0 saturated heterocycles. The third kappa shape index (κ3) is 20.3. The van der Waals surface area contributed by atoms with Gasteiger partial charge in [0.2, 0.25) is 10.4 Å². The maximum atomic E-state index is 13.0. The molecule has 4 rings (SSSR count). The summed E-state index contributed by atoms with van der Waals surface area (Å²) in [6.45, 7) is -0.0977. The topological polar surface area (TPSA) is 431 Å². The van der Waals surface area contributed by atoms with Crippen molar-refractivity contribution in [2.45, 2.75) is 31.4 Å². The first-order valence-corrected chi connectivity index (χ1v) is 24.1. The number of aromatic hydroxyl groups is 1. The number of hydrogen-bond donors (Lipinski definition) is 2. The summed E-state index contributed by atoms with van der Waals surface area (Å²) < 4.78 is 148. The van der Waals surface area contributed by atoms with E-state index in [9.17, 15) is 63.7 Å². The molecular weight excluding hydrogens is 1110 g/mol. The predicted molar refractivity (Wildman–Crippen MR) is 202 cm³/mol. The molecule has 346 valence electrons. The molecule has 0 aliphatic rings. The van der Waals surface area contributed by atoms with Crippen LogP contribution in [-0.4, -0.2) is 79.7 Å². The second kappa shape index (κ2) is 32.5. The molecule has 0 radical (unpaired) electrons. The molecule has 68 heavy (non-hydrogen) atoms. The number of fused-ring (bicyclic) bond motifs is 1. The average molecular weight is 1140 g/mol. The van der Waals surface area contributed by atoms with Crippen LogP contribution >= 0.6 is 36.4 Å². The molecule has 40 heteroatoms. The molecule has 0 heterocycles. The Bertz CT molecular complexity index is 2860. The maximum Gasteiger partial charge on any atom is 1.00 e. The maximum absolute atomic E-state index is 13.0. The van der Waals surface area contributed by atoms with Crippen molar-refractivity contribution >= 4 is 116 Å². The molecule has 0 aliphatic heterocycles. The number of rotatable bonds is 24. The number of aryl methyl sites for hydroxylation is 1. The van der Waals surface area contributed by atoms with E-state index in [1.54, 1.807) is 0 Å². The molecule has 0 spiro atoms. The summed E-state index contributed by atoms with van der Waals surface area (Å²) in [6.07, 6.45) is 0. The predicted octanol–water partition coefficient (Wildman–Crippen LogP) is -13.5. The van der Waals surface area contributed by atoms with Crippen molar-refractivity contribution in [1.29, 1.82) is 0 Å². The number of sulfone groups is 2. The Balaban J connectivity index is 0. The second-order valence-corrected chi connectivity index (χ2v) is 20.0. The van der Waals surface area contributed by atoms with Crippen molar-refractivity contribution in [2.24, 2.45) is 20.5 Å². The van der Waals surface area contributed by atoms with E-state index in [4.69, 9.17) is 14.7 Å². The zero-order chi connectivity index (χ0) is 46.8. The van der Waals surface area contributed by atoms with Crippen molar-refractivity contribution in [3.63, 3.8) is 0 Å². The Kier molecular flexibility index (Phi) is 34.0. The standard InChI is InChI=1S/C28H29N5O23S7.5Na/c1-14-9-18(19(48-2)13-22(14)61(40,41)7-5-49-59-56-53-37)31-32-26-21(58-55-52-36)10-15-11-23(62(42,43)44)27(25(29)24(15)28(26)34)33-30-17-4-3-16(12-20(17)57-54-51-35)60(38,39)8-6-50-63(45,46)47;;;;;/h3-4,9-13,34-37H,5-8,29H2,1-2H3,(H,42,43,44)(H,45,46,47);;;;;/q;5*+1/p-5. The quantitative estimate of drug-likeness (QED) is 0.00757. The van der Waals surface area contributed by atoms with E-state index in [2.05, 4.69) is 52.8 Å². The van der Waals surface area contributed by atoms with E-state index in [0.29, 0.717) is 6.07 Å². The summed E-state index contributed by atoms with van der Waals surface area (Å²) in [4.78, 5) is -2.58. The van der Waals surface area contributed by atoms with Gasteiger partial charge in [-0.1, -0.05) is 0 Å². The number of nitrogens with two attached hydrogens (primary N) is 1. The molecule has 0 aromatic heterocycles. The summed E-state index contributed by atoms with van der Waals surface area (Å²) in [7, 11) is -18.0. The van der Waals surface area contributed by atoms with Crippen LogP contribution < -0.4 is 174 Å². The second-order valence-electron chi connectivity index (χ2n) is 11.4. The van der Waals surface area contributed by atoms with Crippen LogP contribution in [0.3, 0.4) is 0 Å². The van der Waals surface area contributed by atoms with Gasteiger partial charge in [0.05, 0.1) is 91.5 Å². The minimum absolute atomic E-state index is 0. The van der Waals surface area contributed by atoms with Gasteiger partial charge in [0.1, 0.15) is 38.6 Å². The first kappa shape index (κ1) is 71.1. The van der Waals surface area contributed by atoms with Gasteiger partial charge >= 0.3 is 148 Å². The zero-order valence-corrected chi connectivity index (χ0v) is 51.7. The van der Waals surface area contributed by atoms with E-state index in [1.807, 2.05) is 0 Å². The van der Waals surface area contributed by atoms with E-state index >= 15 is 0 Å². The van der Waals surface area contributed by atoms with E-state index in [-0.39, 0.29) is 227 Å². The van der Waals surface area contributed by atoms with Crippen molar-refractivity contribution in [2.75, 3.05) is 37.6 Å². The number of phenols is 1. The largest absolute Gasteiger partial charge is 1.00 e. The van der Waals surface area contributed by atoms with Gasteiger partial charge in [-0.25, -0.2) is 33.7 Å². The van der Waals surface area contributed by atoms with Crippen molar-refractivity contribution < 1.29 is 253 Å². The fourth-order valence-corrected chi connectivity index (χ4v) is 9.90. The summed E-state index contributed by atoms with van der Waals surface area (Å²) in [6, 6.07) is 6.74. The Labute approximate surface area is 509 Å². The summed E-state index contributed by atoms with van der Waals surface area (Å²) >= 11 is 0.311. The van der Waals surface area contributed by atoms with Crippen molar-refractivity contribution in [3.8, 4) is 11.5 Å². The van der Waals surface area contributed by atoms with Crippen LogP contribution in [0.2, 0.25) is 0 Å². The normalized spacial score (nSPS) is 11.9. The molecule has 0 fully saturated rings. The van der Waals surface area contributed by atoms with Crippen LogP contribution in [0, 0.1) is 6.92 Å². The van der Waals surface area contributed by atoms with Crippen molar-refractivity contribution in [1.82, 2.24) is 0 Å². The summed E-state index contributed by atoms with van der Waals surface area (Å²) in [5, 5.41) is 67.4.